The number of carbonyl (C=O) groups is 2. The SMILES string of the molecule is COc1cc(OC)c(C=CC(=O)Nc2ccc(OC)c(C(C(=O)O)N(C)C)c2)c(OC)c1. The molecule has 0 aliphatic heterocycles. The highest BCUT2D eigenvalue weighted by molar-refractivity contribution is 6.02. The number of carboxylic acids is 1. The molecule has 1 unspecified atom stereocenters. The quantitative estimate of drug-likeness (QED) is 0.539. The highest BCUT2D eigenvalue weighted by Gasteiger charge is 2.26. The summed E-state index contributed by atoms with van der Waals surface area (Å²) in [6.07, 6.45) is 2.90. The second-order valence-corrected chi connectivity index (χ2v) is 6.93. The lowest BCUT2D eigenvalue weighted by atomic mass is 10.0. The molecule has 1 atom stereocenters. The van der Waals surface area contributed by atoms with Gasteiger partial charge in [-0.15, -0.1) is 0 Å². The summed E-state index contributed by atoms with van der Waals surface area (Å²) in [5, 5.41) is 12.3. The van der Waals surface area contributed by atoms with E-state index in [-0.39, 0.29) is 0 Å². The first kappa shape index (κ1) is 24.5. The Bertz CT molecular complexity index is 977. The van der Waals surface area contributed by atoms with E-state index < -0.39 is 17.9 Å². The monoisotopic (exact) mass is 444 g/mol. The molecule has 0 bridgehead atoms. The summed E-state index contributed by atoms with van der Waals surface area (Å²) in [6, 6.07) is 7.26. The molecule has 1 amide bonds. The molecule has 0 saturated heterocycles. The van der Waals surface area contributed by atoms with Crippen molar-refractivity contribution in [2.24, 2.45) is 0 Å². The first-order valence-corrected chi connectivity index (χ1v) is 9.61. The van der Waals surface area contributed by atoms with Gasteiger partial charge < -0.3 is 29.4 Å². The average molecular weight is 444 g/mol. The lowest BCUT2D eigenvalue weighted by molar-refractivity contribution is -0.142. The number of aliphatic carboxylic acids is 1. The van der Waals surface area contributed by atoms with Crippen molar-refractivity contribution in [3.05, 3.63) is 47.5 Å². The zero-order valence-electron chi connectivity index (χ0n) is 19.0. The molecule has 2 aromatic rings. The van der Waals surface area contributed by atoms with Crippen molar-refractivity contribution in [1.29, 1.82) is 0 Å². The van der Waals surface area contributed by atoms with Gasteiger partial charge in [-0.1, -0.05) is 0 Å². The molecule has 2 rings (SSSR count). The Kier molecular flexibility index (Phi) is 8.48. The number of nitrogens with zero attached hydrogens (tertiary/aromatic N) is 1. The molecule has 0 heterocycles. The van der Waals surface area contributed by atoms with E-state index in [0.29, 0.717) is 39.8 Å². The van der Waals surface area contributed by atoms with Crippen molar-refractivity contribution in [3.63, 3.8) is 0 Å². The first-order chi connectivity index (χ1) is 15.2. The van der Waals surface area contributed by atoms with Crippen molar-refractivity contribution in [3.8, 4) is 23.0 Å². The van der Waals surface area contributed by atoms with Crippen molar-refractivity contribution in [1.82, 2.24) is 4.90 Å². The van der Waals surface area contributed by atoms with Crippen LogP contribution in [0.2, 0.25) is 0 Å². The molecule has 0 aromatic heterocycles. The molecule has 0 fully saturated rings. The Morgan fingerprint density at radius 2 is 1.53 bits per heavy atom. The molecule has 9 nitrogen and oxygen atoms in total. The molecule has 9 heteroatoms. The lowest BCUT2D eigenvalue weighted by Crippen LogP contribution is -2.28. The maximum absolute atomic E-state index is 12.5. The number of methoxy groups -OCH3 is 4. The largest absolute Gasteiger partial charge is 0.496 e. The molecule has 0 spiro atoms. The summed E-state index contributed by atoms with van der Waals surface area (Å²) >= 11 is 0. The summed E-state index contributed by atoms with van der Waals surface area (Å²) in [6.45, 7) is 0. The molecular formula is C23H28N2O7. The fraction of sp³-hybridized carbons (Fsp3) is 0.304. The van der Waals surface area contributed by atoms with Gasteiger partial charge in [-0.25, -0.2) is 0 Å². The van der Waals surface area contributed by atoms with Gasteiger partial charge in [0.1, 0.15) is 29.0 Å². The van der Waals surface area contributed by atoms with Gasteiger partial charge in [0.25, 0.3) is 0 Å². The maximum atomic E-state index is 12.5. The number of carbonyl (C=O) groups excluding carboxylic acids is 1. The number of amides is 1. The van der Waals surface area contributed by atoms with E-state index in [2.05, 4.69) is 5.32 Å². The molecule has 172 valence electrons. The normalized spacial score (nSPS) is 11.8. The average Bonchev–Trinajstić information content (AvgIpc) is 2.76. The molecule has 0 aliphatic carbocycles. The topological polar surface area (TPSA) is 107 Å². The van der Waals surface area contributed by atoms with Crippen LogP contribution in [-0.2, 0) is 9.59 Å². The molecule has 0 radical (unpaired) electrons. The minimum absolute atomic E-state index is 0.410. The van der Waals surface area contributed by atoms with Crippen molar-refractivity contribution in [2.75, 3.05) is 47.9 Å². The van der Waals surface area contributed by atoms with Gasteiger partial charge in [-0.2, -0.15) is 0 Å². The van der Waals surface area contributed by atoms with E-state index in [1.807, 2.05) is 0 Å². The van der Waals surface area contributed by atoms with Crippen LogP contribution in [0.1, 0.15) is 17.2 Å². The molecule has 0 saturated carbocycles. The van der Waals surface area contributed by atoms with Crippen molar-refractivity contribution >= 4 is 23.6 Å². The van der Waals surface area contributed by atoms with Crippen LogP contribution >= 0.6 is 0 Å². The Morgan fingerprint density at radius 3 is 2.00 bits per heavy atom. The van der Waals surface area contributed by atoms with Crippen LogP contribution in [0.5, 0.6) is 23.0 Å². The van der Waals surface area contributed by atoms with E-state index in [0.717, 1.165) is 0 Å². The highest BCUT2D eigenvalue weighted by atomic mass is 16.5. The van der Waals surface area contributed by atoms with Crippen LogP contribution in [0.15, 0.2) is 36.4 Å². The van der Waals surface area contributed by atoms with Crippen molar-refractivity contribution < 1.29 is 33.6 Å². The van der Waals surface area contributed by atoms with Crippen LogP contribution < -0.4 is 24.3 Å². The second kappa shape index (κ2) is 11.1. The van der Waals surface area contributed by atoms with E-state index in [4.69, 9.17) is 18.9 Å². The van der Waals surface area contributed by atoms with Gasteiger partial charge in [0.05, 0.1) is 34.0 Å². The number of ether oxygens (including phenoxy) is 4. The van der Waals surface area contributed by atoms with E-state index in [1.54, 1.807) is 55.4 Å². The number of hydrogen-bond donors (Lipinski definition) is 2. The fourth-order valence-electron chi connectivity index (χ4n) is 3.20. The maximum Gasteiger partial charge on any atom is 0.325 e. The van der Waals surface area contributed by atoms with Crippen LogP contribution in [0.3, 0.4) is 0 Å². The Labute approximate surface area is 187 Å². The Balaban J connectivity index is 2.32. The van der Waals surface area contributed by atoms with Gasteiger partial charge in [0.15, 0.2) is 0 Å². The lowest BCUT2D eigenvalue weighted by Gasteiger charge is -2.23. The summed E-state index contributed by atoms with van der Waals surface area (Å²) < 4.78 is 21.3. The molecule has 32 heavy (non-hydrogen) atoms. The van der Waals surface area contributed by atoms with Gasteiger partial charge in [-0.05, 0) is 38.4 Å². The number of carboxylic acid groups (broad SMARTS) is 1. The van der Waals surface area contributed by atoms with E-state index in [1.165, 1.54) is 34.5 Å². The number of rotatable bonds is 10. The van der Waals surface area contributed by atoms with Crippen molar-refractivity contribution in [2.45, 2.75) is 6.04 Å². The third-order valence-electron chi connectivity index (χ3n) is 4.70. The third kappa shape index (κ3) is 5.70. The second-order valence-electron chi connectivity index (χ2n) is 6.93. The Hall–Kier alpha value is -3.72. The number of benzene rings is 2. The zero-order chi connectivity index (χ0) is 23.8. The molecule has 0 aliphatic rings. The predicted molar refractivity (Wildman–Crippen MR) is 121 cm³/mol. The van der Waals surface area contributed by atoms with E-state index >= 15 is 0 Å². The minimum Gasteiger partial charge on any atom is -0.496 e. The standard InChI is InChI=1S/C23H28N2O7/c1-25(2)22(23(27)28)17-11-14(7-9-18(17)30-4)24-21(26)10-8-16-19(31-5)12-15(29-3)13-20(16)32-6/h7-13,22H,1-6H3,(H,24,26)(H,27,28). The van der Waals surface area contributed by atoms with Crippen LogP contribution in [0.4, 0.5) is 5.69 Å². The number of hydrogen-bond acceptors (Lipinski definition) is 7. The fourth-order valence-corrected chi connectivity index (χ4v) is 3.20. The summed E-state index contributed by atoms with van der Waals surface area (Å²) in [5.74, 6) is 0.472. The number of likely N-dealkylation sites (N-methyl/N-ethyl adjacent to an activating group) is 1. The Morgan fingerprint density at radius 1 is 0.938 bits per heavy atom. The van der Waals surface area contributed by atoms with Gasteiger partial charge >= 0.3 is 5.97 Å². The third-order valence-corrected chi connectivity index (χ3v) is 4.70. The molecule has 2 aromatic carbocycles. The highest BCUT2D eigenvalue weighted by Crippen LogP contribution is 2.35. The van der Waals surface area contributed by atoms with Gasteiger partial charge in [0.2, 0.25) is 5.91 Å². The van der Waals surface area contributed by atoms with E-state index in [9.17, 15) is 14.7 Å². The van der Waals surface area contributed by atoms with Gasteiger partial charge in [-0.3, -0.25) is 14.5 Å². The first-order valence-electron chi connectivity index (χ1n) is 9.61. The molecule has 2 N–H and O–H groups in total. The van der Waals surface area contributed by atoms with Crippen LogP contribution in [-0.4, -0.2) is 64.4 Å². The summed E-state index contributed by atoms with van der Waals surface area (Å²) in [4.78, 5) is 25.8. The molecular weight excluding hydrogens is 416 g/mol. The van der Waals surface area contributed by atoms with Crippen LogP contribution in [0.25, 0.3) is 6.08 Å². The summed E-state index contributed by atoms with van der Waals surface area (Å²) in [7, 11) is 9.32. The van der Waals surface area contributed by atoms with Gasteiger partial charge in [0, 0.05) is 29.5 Å². The zero-order valence-corrected chi connectivity index (χ0v) is 19.0. The number of anilines is 1. The van der Waals surface area contributed by atoms with Crippen LogP contribution in [0, 0.1) is 0 Å². The summed E-state index contributed by atoms with van der Waals surface area (Å²) in [5.41, 5.74) is 1.42. The minimum atomic E-state index is -1.03. The predicted octanol–water partition coefficient (Wildman–Crippen LogP) is 3.06. The number of nitrogens with one attached hydrogen (secondary N) is 1. The smallest absolute Gasteiger partial charge is 0.325 e.